The van der Waals surface area contributed by atoms with Gasteiger partial charge in [-0.3, -0.25) is 4.90 Å². The molecule has 0 amide bonds. The van der Waals surface area contributed by atoms with Gasteiger partial charge in [-0.1, -0.05) is 0 Å². The highest BCUT2D eigenvalue weighted by Gasteiger charge is 2.20. The minimum absolute atomic E-state index is 0.454. The van der Waals surface area contributed by atoms with Crippen LogP contribution >= 0.6 is 0 Å². The molecule has 1 saturated heterocycles. The number of hydrogen-bond acceptors (Lipinski definition) is 6. The summed E-state index contributed by atoms with van der Waals surface area (Å²) >= 11 is 0. The predicted molar refractivity (Wildman–Crippen MR) is 73.9 cm³/mol. The van der Waals surface area contributed by atoms with Crippen LogP contribution in [0.2, 0.25) is 0 Å². The lowest BCUT2D eigenvalue weighted by molar-refractivity contribution is 0.164. The molecule has 6 heteroatoms. The van der Waals surface area contributed by atoms with E-state index in [4.69, 9.17) is 8.83 Å². The van der Waals surface area contributed by atoms with Gasteiger partial charge in [0.2, 0.25) is 5.89 Å². The summed E-state index contributed by atoms with van der Waals surface area (Å²) in [6, 6.07) is 3.63. The molecular formula is C14H20N4O2. The quantitative estimate of drug-likeness (QED) is 0.897. The van der Waals surface area contributed by atoms with Gasteiger partial charge in [0.1, 0.15) is 0 Å². The van der Waals surface area contributed by atoms with Gasteiger partial charge < -0.3 is 14.2 Å². The number of nitrogens with zero attached hydrogens (tertiary/aromatic N) is 3. The molecule has 1 N–H and O–H groups in total. The van der Waals surface area contributed by atoms with Gasteiger partial charge in [-0.25, -0.2) is 0 Å². The molecule has 0 atom stereocenters. The van der Waals surface area contributed by atoms with E-state index < -0.39 is 0 Å². The molecule has 0 bridgehead atoms. The predicted octanol–water partition coefficient (Wildman–Crippen LogP) is 1.76. The highest BCUT2D eigenvalue weighted by molar-refractivity contribution is 5.42. The first kappa shape index (κ1) is 13.3. The molecule has 6 nitrogen and oxygen atoms in total. The molecule has 3 rings (SSSR count). The first-order chi connectivity index (χ1) is 9.85. The SMILES string of the molecule is CNCC1CCN(Cc2nnc(-c3ccco3)o2)CC1. The van der Waals surface area contributed by atoms with E-state index in [1.54, 1.807) is 6.26 Å². The molecule has 3 heterocycles. The second-order valence-corrected chi connectivity index (χ2v) is 5.26. The molecule has 0 unspecified atom stereocenters. The summed E-state index contributed by atoms with van der Waals surface area (Å²) in [4.78, 5) is 2.37. The Bertz CT molecular complexity index is 515. The average molecular weight is 276 g/mol. The third-order valence-electron chi connectivity index (χ3n) is 3.76. The maximum Gasteiger partial charge on any atom is 0.283 e. The van der Waals surface area contributed by atoms with E-state index >= 15 is 0 Å². The van der Waals surface area contributed by atoms with Crippen molar-refractivity contribution >= 4 is 0 Å². The van der Waals surface area contributed by atoms with Crippen LogP contribution in [-0.4, -0.2) is 41.8 Å². The average Bonchev–Trinajstić information content (AvgIpc) is 3.12. The van der Waals surface area contributed by atoms with E-state index in [-0.39, 0.29) is 0 Å². The van der Waals surface area contributed by atoms with E-state index in [1.165, 1.54) is 12.8 Å². The van der Waals surface area contributed by atoms with Crippen molar-refractivity contribution in [3.05, 3.63) is 24.3 Å². The summed E-state index contributed by atoms with van der Waals surface area (Å²) in [5.74, 6) is 2.52. The fourth-order valence-electron chi connectivity index (χ4n) is 2.65. The molecule has 20 heavy (non-hydrogen) atoms. The summed E-state index contributed by atoms with van der Waals surface area (Å²) in [5, 5.41) is 11.4. The smallest absolute Gasteiger partial charge is 0.283 e. The van der Waals surface area contributed by atoms with Crippen molar-refractivity contribution < 1.29 is 8.83 Å². The van der Waals surface area contributed by atoms with Gasteiger partial charge in [-0.2, -0.15) is 0 Å². The van der Waals surface area contributed by atoms with E-state index in [2.05, 4.69) is 20.4 Å². The number of furan rings is 1. The highest BCUT2D eigenvalue weighted by Crippen LogP contribution is 2.21. The van der Waals surface area contributed by atoms with Crippen molar-refractivity contribution in [2.75, 3.05) is 26.7 Å². The Morgan fingerprint density at radius 1 is 1.35 bits per heavy atom. The first-order valence-electron chi connectivity index (χ1n) is 7.08. The van der Waals surface area contributed by atoms with Crippen molar-refractivity contribution in [1.82, 2.24) is 20.4 Å². The fourth-order valence-corrected chi connectivity index (χ4v) is 2.65. The van der Waals surface area contributed by atoms with Crippen LogP contribution in [0.3, 0.4) is 0 Å². The molecule has 1 aliphatic rings. The molecule has 0 aliphatic carbocycles. The summed E-state index contributed by atoms with van der Waals surface area (Å²) in [6.07, 6.45) is 4.05. The van der Waals surface area contributed by atoms with Crippen molar-refractivity contribution in [3.63, 3.8) is 0 Å². The van der Waals surface area contributed by atoms with Crippen molar-refractivity contribution in [2.45, 2.75) is 19.4 Å². The number of hydrogen-bond donors (Lipinski definition) is 1. The third kappa shape index (κ3) is 3.08. The standard InChI is InChI=1S/C14H20N4O2/c1-15-9-11-4-6-18(7-5-11)10-13-16-17-14(20-13)12-3-2-8-19-12/h2-3,8,11,15H,4-7,9-10H2,1H3. The first-order valence-corrected chi connectivity index (χ1v) is 7.08. The third-order valence-corrected chi connectivity index (χ3v) is 3.76. The highest BCUT2D eigenvalue weighted by atomic mass is 16.4. The van der Waals surface area contributed by atoms with Gasteiger partial charge in [0.15, 0.2) is 5.76 Å². The molecule has 108 valence electrons. The van der Waals surface area contributed by atoms with Gasteiger partial charge in [-0.15, -0.1) is 10.2 Å². The minimum atomic E-state index is 0.454. The lowest BCUT2D eigenvalue weighted by atomic mass is 9.97. The number of likely N-dealkylation sites (tertiary alicyclic amines) is 1. The molecule has 2 aromatic heterocycles. The number of aromatic nitrogens is 2. The van der Waals surface area contributed by atoms with E-state index in [0.29, 0.717) is 17.5 Å². The van der Waals surface area contributed by atoms with Crippen molar-refractivity contribution in [1.29, 1.82) is 0 Å². The Labute approximate surface area is 118 Å². The second-order valence-electron chi connectivity index (χ2n) is 5.26. The Balaban J connectivity index is 1.54. The van der Waals surface area contributed by atoms with Crippen LogP contribution in [0.4, 0.5) is 0 Å². The zero-order valence-corrected chi connectivity index (χ0v) is 11.7. The number of piperidine rings is 1. The van der Waals surface area contributed by atoms with Crippen molar-refractivity contribution in [2.24, 2.45) is 5.92 Å². The molecule has 0 aromatic carbocycles. The van der Waals surface area contributed by atoms with Crippen LogP contribution < -0.4 is 5.32 Å². The largest absolute Gasteiger partial charge is 0.459 e. The van der Waals surface area contributed by atoms with Gasteiger partial charge in [-0.05, 0) is 57.6 Å². The molecule has 2 aromatic rings. The Kier molecular flexibility index (Phi) is 4.13. The maximum absolute atomic E-state index is 5.64. The molecular weight excluding hydrogens is 256 g/mol. The van der Waals surface area contributed by atoms with Crippen LogP contribution in [0, 0.1) is 5.92 Å². The van der Waals surface area contributed by atoms with Gasteiger partial charge in [0, 0.05) is 0 Å². The van der Waals surface area contributed by atoms with Crippen LogP contribution in [0.15, 0.2) is 27.2 Å². The van der Waals surface area contributed by atoms with E-state index in [1.807, 2.05) is 19.2 Å². The van der Waals surface area contributed by atoms with E-state index in [9.17, 15) is 0 Å². The summed E-state index contributed by atoms with van der Waals surface area (Å²) in [6.45, 7) is 4.01. The molecule has 0 saturated carbocycles. The zero-order chi connectivity index (χ0) is 13.8. The van der Waals surface area contributed by atoms with Crippen molar-refractivity contribution in [3.8, 4) is 11.7 Å². The molecule has 0 radical (unpaired) electrons. The summed E-state index contributed by atoms with van der Waals surface area (Å²) < 4.78 is 10.9. The number of rotatable bonds is 5. The second kappa shape index (κ2) is 6.19. The van der Waals surface area contributed by atoms with Crippen LogP contribution in [0.5, 0.6) is 0 Å². The topological polar surface area (TPSA) is 67.3 Å². The maximum atomic E-state index is 5.64. The Morgan fingerprint density at radius 3 is 2.90 bits per heavy atom. The normalized spacial score (nSPS) is 17.6. The lowest BCUT2D eigenvalue weighted by Gasteiger charge is -2.30. The summed E-state index contributed by atoms with van der Waals surface area (Å²) in [5.41, 5.74) is 0. The number of nitrogens with one attached hydrogen (secondary N) is 1. The summed E-state index contributed by atoms with van der Waals surface area (Å²) in [7, 11) is 2.01. The Morgan fingerprint density at radius 2 is 2.20 bits per heavy atom. The molecule has 1 aliphatic heterocycles. The van der Waals surface area contributed by atoms with Gasteiger partial charge >= 0.3 is 0 Å². The monoisotopic (exact) mass is 276 g/mol. The Hall–Kier alpha value is -1.66. The fraction of sp³-hybridized carbons (Fsp3) is 0.571. The van der Waals surface area contributed by atoms with Crippen LogP contribution in [0.25, 0.3) is 11.7 Å². The zero-order valence-electron chi connectivity index (χ0n) is 11.7. The minimum Gasteiger partial charge on any atom is -0.459 e. The van der Waals surface area contributed by atoms with E-state index in [0.717, 1.165) is 32.1 Å². The van der Waals surface area contributed by atoms with Gasteiger partial charge in [0.25, 0.3) is 5.89 Å². The molecule has 1 fully saturated rings. The van der Waals surface area contributed by atoms with Crippen LogP contribution in [0.1, 0.15) is 18.7 Å². The molecule has 0 spiro atoms. The lowest BCUT2D eigenvalue weighted by Crippen LogP contribution is -2.36. The van der Waals surface area contributed by atoms with Crippen LogP contribution in [-0.2, 0) is 6.54 Å². The van der Waals surface area contributed by atoms with Gasteiger partial charge in [0.05, 0.1) is 12.8 Å².